The predicted molar refractivity (Wildman–Crippen MR) is 89.3 cm³/mol. The van der Waals surface area contributed by atoms with Gasteiger partial charge in [-0.15, -0.1) is 0 Å². The number of nitrogens with one attached hydrogen (secondary N) is 2. The molecular formula is C15H19N3O4S. The van der Waals surface area contributed by atoms with Crippen LogP contribution in [-0.4, -0.2) is 35.1 Å². The lowest BCUT2D eigenvalue weighted by Crippen LogP contribution is -2.45. The molecule has 1 aliphatic carbocycles. The fourth-order valence-corrected chi connectivity index (χ4v) is 3.35. The summed E-state index contributed by atoms with van der Waals surface area (Å²) in [7, 11) is 0. The first-order valence-electron chi connectivity index (χ1n) is 7.67. The highest BCUT2D eigenvalue weighted by atomic mass is 32.1. The molecule has 0 aromatic heterocycles. The molecule has 0 bridgehead atoms. The summed E-state index contributed by atoms with van der Waals surface area (Å²) in [5.74, 6) is -0.397. The van der Waals surface area contributed by atoms with Crippen LogP contribution in [0.4, 0.5) is 11.4 Å². The molecule has 124 valence electrons. The first-order valence-corrected chi connectivity index (χ1v) is 8.08. The lowest BCUT2D eigenvalue weighted by molar-refractivity contribution is -0.383. The third-order valence-electron chi connectivity index (χ3n) is 4.25. The summed E-state index contributed by atoms with van der Waals surface area (Å²) < 4.78 is 11.4. The van der Waals surface area contributed by atoms with Gasteiger partial charge in [0, 0.05) is 24.9 Å². The van der Waals surface area contributed by atoms with Crippen LogP contribution in [0.2, 0.25) is 0 Å². The summed E-state index contributed by atoms with van der Waals surface area (Å²) in [6, 6.07) is 6.67. The smallest absolute Gasteiger partial charge is 0.292 e. The Morgan fingerprint density at radius 2 is 1.91 bits per heavy atom. The Bertz CT molecular complexity index is 594. The van der Waals surface area contributed by atoms with Gasteiger partial charge in [-0.1, -0.05) is 12.1 Å². The molecular weight excluding hydrogens is 318 g/mol. The average molecular weight is 337 g/mol. The van der Waals surface area contributed by atoms with Crippen LogP contribution < -0.4 is 10.6 Å². The quantitative estimate of drug-likeness (QED) is 0.498. The van der Waals surface area contributed by atoms with E-state index >= 15 is 0 Å². The molecule has 2 fully saturated rings. The van der Waals surface area contributed by atoms with E-state index in [1.165, 1.54) is 6.07 Å². The third kappa shape index (κ3) is 3.77. The molecule has 1 aromatic carbocycles. The second-order valence-corrected chi connectivity index (χ2v) is 6.16. The fourth-order valence-electron chi connectivity index (χ4n) is 3.07. The van der Waals surface area contributed by atoms with E-state index in [0.29, 0.717) is 24.0 Å². The highest BCUT2D eigenvalue weighted by Gasteiger charge is 2.40. The minimum Gasteiger partial charge on any atom is -0.360 e. The van der Waals surface area contributed by atoms with Crippen LogP contribution in [0.15, 0.2) is 24.3 Å². The minimum atomic E-state index is -0.427. The molecule has 8 heteroatoms. The van der Waals surface area contributed by atoms with Crippen molar-refractivity contribution in [3.63, 3.8) is 0 Å². The van der Waals surface area contributed by atoms with E-state index in [-0.39, 0.29) is 11.7 Å². The third-order valence-corrected chi connectivity index (χ3v) is 4.47. The van der Waals surface area contributed by atoms with E-state index in [4.69, 9.17) is 21.7 Å². The standard InChI is InChI=1S/C15H19N3O4S/c19-18(20)13-4-2-1-3-12(13)17-14(23)16-11-5-7-15(8-6-11)21-9-10-22-15/h1-4,11H,5-10H2,(H2,16,17,23). The monoisotopic (exact) mass is 337 g/mol. The van der Waals surface area contributed by atoms with Gasteiger partial charge in [0.2, 0.25) is 0 Å². The van der Waals surface area contributed by atoms with E-state index in [9.17, 15) is 10.1 Å². The van der Waals surface area contributed by atoms with Gasteiger partial charge in [-0.3, -0.25) is 10.1 Å². The molecule has 1 aliphatic heterocycles. The second kappa shape index (κ2) is 6.77. The normalized spacial score (nSPS) is 20.3. The van der Waals surface area contributed by atoms with Gasteiger partial charge in [0.1, 0.15) is 5.69 Å². The van der Waals surface area contributed by atoms with Crippen molar-refractivity contribution in [2.75, 3.05) is 18.5 Å². The highest BCUT2D eigenvalue weighted by Crippen LogP contribution is 2.35. The van der Waals surface area contributed by atoms with Crippen LogP contribution in [-0.2, 0) is 9.47 Å². The average Bonchev–Trinajstić information content (AvgIpc) is 2.98. The second-order valence-electron chi connectivity index (χ2n) is 5.75. The molecule has 3 rings (SSSR count). The Kier molecular flexibility index (Phi) is 4.74. The van der Waals surface area contributed by atoms with Crippen LogP contribution in [0, 0.1) is 10.1 Å². The van der Waals surface area contributed by atoms with Crippen LogP contribution >= 0.6 is 12.2 Å². The lowest BCUT2D eigenvalue weighted by atomic mass is 9.90. The molecule has 1 heterocycles. The van der Waals surface area contributed by atoms with Crippen LogP contribution in [0.1, 0.15) is 25.7 Å². The topological polar surface area (TPSA) is 85.7 Å². The Morgan fingerprint density at radius 1 is 1.26 bits per heavy atom. The molecule has 0 amide bonds. The van der Waals surface area contributed by atoms with E-state index in [0.717, 1.165) is 25.7 Å². The molecule has 1 spiro atoms. The summed E-state index contributed by atoms with van der Waals surface area (Å²) in [5, 5.41) is 17.6. The molecule has 2 aliphatic rings. The van der Waals surface area contributed by atoms with E-state index < -0.39 is 10.7 Å². The van der Waals surface area contributed by atoms with Gasteiger partial charge in [0.05, 0.1) is 18.1 Å². The molecule has 1 saturated carbocycles. The van der Waals surface area contributed by atoms with Gasteiger partial charge in [0.15, 0.2) is 10.9 Å². The van der Waals surface area contributed by atoms with E-state index in [1.54, 1.807) is 18.2 Å². The molecule has 0 radical (unpaired) electrons. The highest BCUT2D eigenvalue weighted by molar-refractivity contribution is 7.80. The number of nitro groups is 1. The number of hydrogen-bond acceptors (Lipinski definition) is 5. The van der Waals surface area contributed by atoms with Crippen molar-refractivity contribution in [2.24, 2.45) is 0 Å². The molecule has 2 N–H and O–H groups in total. The number of nitro benzene ring substituents is 1. The SMILES string of the molecule is O=[N+]([O-])c1ccccc1NC(=S)NC1CCC2(CC1)OCCO2. The Balaban J connectivity index is 1.53. The maximum Gasteiger partial charge on any atom is 0.292 e. The number of para-hydroxylation sites is 2. The summed E-state index contributed by atoms with van der Waals surface area (Å²) in [6.45, 7) is 1.32. The zero-order valence-electron chi connectivity index (χ0n) is 12.6. The van der Waals surface area contributed by atoms with Crippen molar-refractivity contribution >= 4 is 28.7 Å². The molecule has 7 nitrogen and oxygen atoms in total. The van der Waals surface area contributed by atoms with Gasteiger partial charge in [0.25, 0.3) is 5.69 Å². The summed E-state index contributed by atoms with van der Waals surface area (Å²) in [6.07, 6.45) is 3.44. The van der Waals surface area contributed by atoms with Crippen LogP contribution in [0.25, 0.3) is 0 Å². The van der Waals surface area contributed by atoms with Crippen molar-refractivity contribution in [3.8, 4) is 0 Å². The maximum absolute atomic E-state index is 11.0. The number of anilines is 1. The van der Waals surface area contributed by atoms with Crippen LogP contribution in [0.3, 0.4) is 0 Å². The number of nitrogens with zero attached hydrogens (tertiary/aromatic N) is 1. The lowest BCUT2D eigenvalue weighted by Gasteiger charge is -2.36. The largest absolute Gasteiger partial charge is 0.360 e. The Hall–Kier alpha value is -1.77. The van der Waals surface area contributed by atoms with Crippen molar-refractivity contribution in [3.05, 3.63) is 34.4 Å². The van der Waals surface area contributed by atoms with E-state index in [2.05, 4.69) is 10.6 Å². The number of hydrogen-bond donors (Lipinski definition) is 2. The number of ether oxygens (including phenoxy) is 2. The van der Waals surface area contributed by atoms with Crippen molar-refractivity contribution in [1.29, 1.82) is 0 Å². The van der Waals surface area contributed by atoms with E-state index in [1.807, 2.05) is 0 Å². The summed E-state index contributed by atoms with van der Waals surface area (Å²) in [4.78, 5) is 10.6. The Labute approximate surface area is 139 Å². The van der Waals surface area contributed by atoms with Crippen molar-refractivity contribution in [2.45, 2.75) is 37.5 Å². The van der Waals surface area contributed by atoms with Crippen LogP contribution in [0.5, 0.6) is 0 Å². The minimum absolute atomic E-state index is 0.00648. The van der Waals surface area contributed by atoms with Crippen molar-refractivity contribution < 1.29 is 14.4 Å². The molecule has 23 heavy (non-hydrogen) atoms. The molecule has 1 saturated heterocycles. The summed E-state index contributed by atoms with van der Waals surface area (Å²) >= 11 is 5.28. The fraction of sp³-hybridized carbons (Fsp3) is 0.533. The van der Waals surface area contributed by atoms with Gasteiger partial charge >= 0.3 is 0 Å². The maximum atomic E-state index is 11.0. The first kappa shape index (κ1) is 16.1. The molecule has 0 atom stereocenters. The molecule has 1 aromatic rings. The number of rotatable bonds is 3. The number of benzene rings is 1. The predicted octanol–water partition coefficient (Wildman–Crippen LogP) is 2.57. The van der Waals surface area contributed by atoms with Gasteiger partial charge < -0.3 is 20.1 Å². The molecule has 0 unspecified atom stereocenters. The van der Waals surface area contributed by atoms with Gasteiger partial charge in [-0.2, -0.15) is 0 Å². The zero-order chi connectivity index (χ0) is 16.3. The summed E-state index contributed by atoms with van der Waals surface area (Å²) in [5.41, 5.74) is 0.400. The zero-order valence-corrected chi connectivity index (χ0v) is 13.4. The van der Waals surface area contributed by atoms with Gasteiger partial charge in [-0.25, -0.2) is 0 Å². The first-order chi connectivity index (χ1) is 11.1. The Morgan fingerprint density at radius 3 is 2.57 bits per heavy atom. The van der Waals surface area contributed by atoms with Gasteiger partial charge in [-0.05, 0) is 31.1 Å². The van der Waals surface area contributed by atoms with Crippen molar-refractivity contribution in [1.82, 2.24) is 5.32 Å². The number of thiocarbonyl (C=S) groups is 1.